The van der Waals surface area contributed by atoms with Crippen LogP contribution in [0.1, 0.15) is 29.2 Å². The molecule has 0 spiro atoms. The summed E-state index contributed by atoms with van der Waals surface area (Å²) in [7, 11) is 0. The van der Waals surface area contributed by atoms with Crippen molar-refractivity contribution in [2.24, 2.45) is 5.10 Å². The number of hydrogen-bond donors (Lipinski definition) is 0. The summed E-state index contributed by atoms with van der Waals surface area (Å²) in [6, 6.07) is 5.22. The molecule has 0 aliphatic carbocycles. The van der Waals surface area contributed by atoms with Crippen molar-refractivity contribution >= 4 is 5.84 Å². The van der Waals surface area contributed by atoms with Crippen LogP contribution in [0.4, 0.5) is 26.3 Å². The topological polar surface area (TPSA) is 49.5 Å². The van der Waals surface area contributed by atoms with E-state index in [1.807, 2.05) is 9.80 Å². The van der Waals surface area contributed by atoms with Crippen molar-refractivity contribution in [2.45, 2.75) is 31.7 Å². The van der Waals surface area contributed by atoms with Crippen molar-refractivity contribution in [3.63, 3.8) is 0 Å². The molecule has 1 aromatic carbocycles. The van der Waals surface area contributed by atoms with Crippen LogP contribution in [0.5, 0.6) is 0 Å². The van der Waals surface area contributed by atoms with E-state index in [2.05, 4.69) is 15.3 Å². The van der Waals surface area contributed by atoms with Gasteiger partial charge < -0.3 is 4.90 Å². The molecule has 6 nitrogen and oxygen atoms in total. The lowest BCUT2D eigenvalue weighted by Crippen LogP contribution is -2.49. The number of rotatable bonds is 2. The zero-order chi connectivity index (χ0) is 21.5. The quantitative estimate of drug-likeness (QED) is 0.684. The highest BCUT2D eigenvalue weighted by Crippen LogP contribution is 2.31. The summed E-state index contributed by atoms with van der Waals surface area (Å²) < 4.78 is 78.5. The fourth-order valence-electron chi connectivity index (χ4n) is 3.63. The third-order valence-corrected chi connectivity index (χ3v) is 5.14. The number of piperazine rings is 1. The van der Waals surface area contributed by atoms with Gasteiger partial charge in [-0.05, 0) is 11.6 Å². The third-order valence-electron chi connectivity index (χ3n) is 5.14. The number of alkyl halides is 6. The predicted molar refractivity (Wildman–Crippen MR) is 94.5 cm³/mol. The lowest BCUT2D eigenvalue weighted by molar-refractivity contribution is -0.147. The fourth-order valence-corrected chi connectivity index (χ4v) is 3.63. The summed E-state index contributed by atoms with van der Waals surface area (Å²) in [5.74, 6) is -0.432. The Labute approximate surface area is 167 Å². The molecule has 0 bridgehead atoms. The molecule has 0 saturated carbocycles. The second-order valence-corrected chi connectivity index (χ2v) is 7.23. The first kappa shape index (κ1) is 20.6. The highest BCUT2D eigenvalue weighted by molar-refractivity contribution is 5.83. The Morgan fingerprint density at radius 2 is 1.60 bits per heavy atom. The average molecular weight is 432 g/mol. The van der Waals surface area contributed by atoms with Gasteiger partial charge in [-0.15, -0.1) is 10.2 Å². The van der Waals surface area contributed by atoms with Gasteiger partial charge >= 0.3 is 12.4 Å². The van der Waals surface area contributed by atoms with Crippen LogP contribution in [0.15, 0.2) is 29.4 Å². The van der Waals surface area contributed by atoms with Gasteiger partial charge in [0.15, 0.2) is 5.82 Å². The molecule has 4 rings (SSSR count). The molecule has 1 saturated heterocycles. The van der Waals surface area contributed by atoms with Gasteiger partial charge in [0.05, 0.1) is 5.56 Å². The Balaban J connectivity index is 1.40. The van der Waals surface area contributed by atoms with E-state index in [-0.39, 0.29) is 5.82 Å². The molecule has 12 heteroatoms. The molecule has 2 aromatic rings. The number of hydrogen-bond acceptors (Lipinski definition) is 5. The summed E-state index contributed by atoms with van der Waals surface area (Å²) in [5, 5.41) is 10.9. The average Bonchev–Trinajstić information content (AvgIpc) is 3.12. The standard InChI is InChI=1S/C18H18F6N6/c19-17(20,21)13-3-1-2-12(10-13)11-28-6-8-29(9-7-28)15-5-4-14-25-26-16(18(22,23)24)30(14)27-15/h1-3,10H,4-9,11H2. The maximum absolute atomic E-state index is 13.1. The van der Waals surface area contributed by atoms with Crippen molar-refractivity contribution < 1.29 is 26.3 Å². The Hall–Kier alpha value is -2.63. The molecule has 0 atom stereocenters. The molecule has 162 valence electrons. The summed E-state index contributed by atoms with van der Waals surface area (Å²) in [4.78, 5) is 3.92. The van der Waals surface area contributed by atoms with E-state index < -0.39 is 23.7 Å². The summed E-state index contributed by atoms with van der Waals surface area (Å²) >= 11 is 0. The second-order valence-electron chi connectivity index (χ2n) is 7.23. The van der Waals surface area contributed by atoms with E-state index in [0.717, 1.165) is 16.8 Å². The van der Waals surface area contributed by atoms with Crippen LogP contribution in [0.25, 0.3) is 0 Å². The number of aryl methyl sites for hydroxylation is 1. The molecule has 1 fully saturated rings. The van der Waals surface area contributed by atoms with Crippen LogP contribution in [0.3, 0.4) is 0 Å². The second kappa shape index (κ2) is 7.56. The Morgan fingerprint density at radius 1 is 0.867 bits per heavy atom. The van der Waals surface area contributed by atoms with Crippen molar-refractivity contribution in [1.29, 1.82) is 0 Å². The smallest absolute Gasteiger partial charge is 0.356 e. The van der Waals surface area contributed by atoms with E-state index in [1.54, 1.807) is 6.07 Å². The summed E-state index contributed by atoms with van der Waals surface area (Å²) in [5.41, 5.74) is -0.113. The van der Waals surface area contributed by atoms with Gasteiger partial charge in [0, 0.05) is 45.6 Å². The van der Waals surface area contributed by atoms with Gasteiger partial charge in [0.2, 0.25) is 0 Å². The number of benzene rings is 1. The number of amidine groups is 1. The third kappa shape index (κ3) is 4.27. The van der Waals surface area contributed by atoms with E-state index in [9.17, 15) is 26.3 Å². The number of halogens is 6. The predicted octanol–water partition coefficient (Wildman–Crippen LogP) is 3.24. The van der Waals surface area contributed by atoms with Crippen LogP contribution in [0, 0.1) is 0 Å². The monoisotopic (exact) mass is 432 g/mol. The minimum Gasteiger partial charge on any atom is -0.356 e. The van der Waals surface area contributed by atoms with Crippen molar-refractivity contribution in [3.05, 3.63) is 47.0 Å². The molecular weight excluding hydrogens is 414 g/mol. The molecular formula is C18H18F6N6. The van der Waals surface area contributed by atoms with Gasteiger partial charge in [-0.3, -0.25) is 4.90 Å². The van der Waals surface area contributed by atoms with Gasteiger partial charge in [-0.25, -0.2) is 0 Å². The molecule has 0 N–H and O–H groups in total. The van der Waals surface area contributed by atoms with Crippen LogP contribution in [-0.4, -0.2) is 56.7 Å². The van der Waals surface area contributed by atoms with Gasteiger partial charge in [0.1, 0.15) is 5.84 Å². The van der Waals surface area contributed by atoms with E-state index in [4.69, 9.17) is 0 Å². The van der Waals surface area contributed by atoms with Crippen molar-refractivity contribution in [2.75, 3.05) is 26.2 Å². The molecule has 30 heavy (non-hydrogen) atoms. The van der Waals surface area contributed by atoms with Gasteiger partial charge in [0.25, 0.3) is 5.82 Å². The normalized spacial score (nSPS) is 18.3. The lowest BCUT2D eigenvalue weighted by Gasteiger charge is -2.37. The highest BCUT2D eigenvalue weighted by Gasteiger charge is 2.40. The molecule has 2 aliphatic rings. The number of fused-ring (bicyclic) bond motifs is 1. The van der Waals surface area contributed by atoms with Gasteiger partial charge in [-0.2, -0.15) is 36.1 Å². The first-order chi connectivity index (χ1) is 14.1. The summed E-state index contributed by atoms with van der Waals surface area (Å²) in [6.45, 7) is 2.55. The van der Waals surface area contributed by atoms with Crippen molar-refractivity contribution in [1.82, 2.24) is 24.7 Å². The zero-order valence-corrected chi connectivity index (χ0v) is 15.7. The Kier molecular flexibility index (Phi) is 5.20. The largest absolute Gasteiger partial charge is 0.453 e. The maximum Gasteiger partial charge on any atom is 0.453 e. The number of nitrogens with zero attached hydrogens (tertiary/aromatic N) is 6. The molecule has 0 radical (unpaired) electrons. The Morgan fingerprint density at radius 3 is 2.27 bits per heavy atom. The van der Waals surface area contributed by atoms with E-state index in [1.165, 1.54) is 6.07 Å². The van der Waals surface area contributed by atoms with Crippen molar-refractivity contribution in [3.8, 4) is 0 Å². The minimum atomic E-state index is -4.64. The SMILES string of the molecule is FC(F)(F)c1cccc(CN2CCN(C3=Nn4c(nnc4C(F)(F)F)CC3)CC2)c1. The highest BCUT2D eigenvalue weighted by atomic mass is 19.4. The molecule has 0 amide bonds. The van der Waals surface area contributed by atoms with Crippen LogP contribution < -0.4 is 0 Å². The first-order valence-corrected chi connectivity index (χ1v) is 9.34. The molecule has 1 aromatic heterocycles. The first-order valence-electron chi connectivity index (χ1n) is 9.34. The van der Waals surface area contributed by atoms with E-state index >= 15 is 0 Å². The van der Waals surface area contributed by atoms with Crippen LogP contribution >= 0.6 is 0 Å². The maximum atomic E-state index is 13.1. The molecule has 2 aliphatic heterocycles. The van der Waals surface area contributed by atoms with E-state index in [0.29, 0.717) is 57.0 Å². The Bertz CT molecular complexity index is 939. The fraction of sp³-hybridized carbons (Fsp3) is 0.500. The lowest BCUT2D eigenvalue weighted by atomic mass is 10.1. The van der Waals surface area contributed by atoms with Crippen LogP contribution in [0.2, 0.25) is 0 Å². The summed E-state index contributed by atoms with van der Waals surface area (Å²) in [6.07, 6.45) is -8.25. The molecule has 0 unspecified atom stereocenters. The van der Waals surface area contributed by atoms with Crippen LogP contribution in [-0.2, 0) is 25.3 Å². The molecule has 3 heterocycles. The zero-order valence-electron chi connectivity index (χ0n) is 15.7. The van der Waals surface area contributed by atoms with Gasteiger partial charge in [-0.1, -0.05) is 18.2 Å². The minimum absolute atomic E-state index is 0.175. The number of aromatic nitrogens is 3.